The Bertz CT molecular complexity index is 688. The largest absolute Gasteiger partial charge is 0.253 e. The summed E-state index contributed by atoms with van der Waals surface area (Å²) in [6.45, 7) is 1.98. The smallest absolute Gasteiger partial charge is 0.112 e. The topological polar surface area (TPSA) is 30.7 Å². The minimum atomic E-state index is 0.945. The third-order valence-corrected chi connectivity index (χ3v) is 3.15. The summed E-state index contributed by atoms with van der Waals surface area (Å²) in [7, 11) is 0. The zero-order valence-corrected chi connectivity index (χ0v) is 10.8. The van der Waals surface area contributed by atoms with Crippen LogP contribution in [0.4, 0.5) is 0 Å². The number of aromatic nitrogens is 3. The van der Waals surface area contributed by atoms with E-state index in [-0.39, 0.29) is 0 Å². The summed E-state index contributed by atoms with van der Waals surface area (Å²) in [6.07, 6.45) is 1.79. The predicted molar refractivity (Wildman–Crippen MR) is 71.3 cm³/mol. The van der Waals surface area contributed by atoms with Gasteiger partial charge in [0.1, 0.15) is 5.52 Å². The molecule has 0 spiro atoms. The normalized spacial score (nSPS) is 10.9. The standard InChI is InChI=1S/C13H10BrN3/c1-9-13-12(6-3-7-15-13)17(16-9)11-5-2-4-10(14)8-11/h2-8H,1H3. The van der Waals surface area contributed by atoms with Crippen molar-refractivity contribution < 1.29 is 0 Å². The molecule has 2 heterocycles. The van der Waals surface area contributed by atoms with Gasteiger partial charge in [0, 0.05) is 10.7 Å². The lowest BCUT2D eigenvalue weighted by Gasteiger charge is -2.03. The van der Waals surface area contributed by atoms with Gasteiger partial charge in [-0.15, -0.1) is 0 Å². The van der Waals surface area contributed by atoms with Gasteiger partial charge >= 0.3 is 0 Å². The molecule has 3 rings (SSSR count). The molecule has 0 bridgehead atoms. The maximum Gasteiger partial charge on any atom is 0.112 e. The number of hydrogen-bond acceptors (Lipinski definition) is 2. The van der Waals surface area contributed by atoms with E-state index in [9.17, 15) is 0 Å². The molecule has 3 nitrogen and oxygen atoms in total. The first kappa shape index (κ1) is 10.5. The molecule has 0 atom stereocenters. The van der Waals surface area contributed by atoms with E-state index < -0.39 is 0 Å². The lowest BCUT2D eigenvalue weighted by molar-refractivity contribution is 0.888. The van der Waals surface area contributed by atoms with Crippen molar-refractivity contribution in [3.05, 3.63) is 52.8 Å². The first-order valence-corrected chi connectivity index (χ1v) is 6.11. The van der Waals surface area contributed by atoms with Gasteiger partial charge in [0.2, 0.25) is 0 Å². The van der Waals surface area contributed by atoms with Crippen LogP contribution in [0.5, 0.6) is 0 Å². The van der Waals surface area contributed by atoms with Crippen molar-refractivity contribution in [2.75, 3.05) is 0 Å². The number of benzene rings is 1. The van der Waals surface area contributed by atoms with Gasteiger partial charge < -0.3 is 0 Å². The fourth-order valence-corrected chi connectivity index (χ4v) is 2.29. The molecule has 1 aromatic carbocycles. The van der Waals surface area contributed by atoms with Crippen LogP contribution >= 0.6 is 15.9 Å². The van der Waals surface area contributed by atoms with E-state index in [1.807, 2.05) is 48.0 Å². The van der Waals surface area contributed by atoms with E-state index in [0.29, 0.717) is 0 Å². The number of hydrogen-bond donors (Lipinski definition) is 0. The van der Waals surface area contributed by atoms with Crippen LogP contribution in [0.3, 0.4) is 0 Å². The molecule has 0 aliphatic carbocycles. The number of halogens is 1. The minimum absolute atomic E-state index is 0.945. The van der Waals surface area contributed by atoms with Crippen molar-refractivity contribution in [2.45, 2.75) is 6.92 Å². The van der Waals surface area contributed by atoms with E-state index >= 15 is 0 Å². The number of fused-ring (bicyclic) bond motifs is 1. The molecule has 4 heteroatoms. The SMILES string of the molecule is Cc1nn(-c2cccc(Br)c2)c2cccnc12. The molecule has 0 saturated heterocycles. The summed E-state index contributed by atoms with van der Waals surface area (Å²) in [5.41, 5.74) is 3.96. The molecule has 0 saturated carbocycles. The van der Waals surface area contributed by atoms with Crippen LogP contribution in [0.15, 0.2) is 47.1 Å². The van der Waals surface area contributed by atoms with Crippen molar-refractivity contribution in [3.8, 4) is 5.69 Å². The van der Waals surface area contributed by atoms with Crippen LogP contribution < -0.4 is 0 Å². The summed E-state index contributed by atoms with van der Waals surface area (Å²) >= 11 is 3.47. The van der Waals surface area contributed by atoms with E-state index in [1.165, 1.54) is 0 Å². The highest BCUT2D eigenvalue weighted by Gasteiger charge is 2.09. The second-order valence-corrected chi connectivity index (χ2v) is 4.76. The molecule has 2 aromatic heterocycles. The van der Waals surface area contributed by atoms with Crippen LogP contribution in [0, 0.1) is 6.92 Å². The first-order chi connectivity index (χ1) is 8.25. The van der Waals surface area contributed by atoms with Gasteiger partial charge in [-0.3, -0.25) is 4.98 Å². The van der Waals surface area contributed by atoms with Gasteiger partial charge in [-0.25, -0.2) is 4.68 Å². The van der Waals surface area contributed by atoms with Crippen LogP contribution in [0.2, 0.25) is 0 Å². The average Bonchev–Trinajstić information content (AvgIpc) is 2.68. The third-order valence-electron chi connectivity index (χ3n) is 2.66. The van der Waals surface area contributed by atoms with E-state index in [4.69, 9.17) is 0 Å². The summed E-state index contributed by atoms with van der Waals surface area (Å²) in [6, 6.07) is 12.0. The molecule has 0 N–H and O–H groups in total. The Kier molecular flexibility index (Phi) is 2.44. The Morgan fingerprint density at radius 1 is 1.18 bits per heavy atom. The van der Waals surface area contributed by atoms with Gasteiger partial charge in [0.05, 0.1) is 16.9 Å². The quantitative estimate of drug-likeness (QED) is 0.686. The van der Waals surface area contributed by atoms with E-state index in [1.54, 1.807) is 6.20 Å². The second kappa shape index (κ2) is 3.96. The minimum Gasteiger partial charge on any atom is -0.253 e. The van der Waals surface area contributed by atoms with Crippen molar-refractivity contribution in [3.63, 3.8) is 0 Å². The highest BCUT2D eigenvalue weighted by atomic mass is 79.9. The summed E-state index contributed by atoms with van der Waals surface area (Å²) < 4.78 is 2.96. The zero-order valence-electron chi connectivity index (χ0n) is 9.26. The van der Waals surface area contributed by atoms with Crippen LogP contribution in [0.1, 0.15) is 5.69 Å². The Balaban J connectivity index is 2.31. The third kappa shape index (κ3) is 1.74. The molecule has 0 aliphatic rings. The van der Waals surface area contributed by atoms with Gasteiger partial charge in [-0.1, -0.05) is 22.0 Å². The van der Waals surface area contributed by atoms with E-state index in [2.05, 4.69) is 26.0 Å². The van der Waals surface area contributed by atoms with Crippen LogP contribution in [-0.2, 0) is 0 Å². The Hall–Kier alpha value is -1.68. The summed E-state index contributed by atoms with van der Waals surface area (Å²) in [5.74, 6) is 0. The second-order valence-electron chi connectivity index (χ2n) is 3.85. The molecule has 0 fully saturated rings. The summed E-state index contributed by atoms with van der Waals surface area (Å²) in [4.78, 5) is 4.35. The Labute approximate surface area is 107 Å². The highest BCUT2D eigenvalue weighted by molar-refractivity contribution is 9.10. The molecule has 3 aromatic rings. The lowest BCUT2D eigenvalue weighted by Crippen LogP contribution is -1.96. The average molecular weight is 288 g/mol. The maximum absolute atomic E-state index is 4.53. The number of aryl methyl sites for hydroxylation is 1. The first-order valence-electron chi connectivity index (χ1n) is 5.32. The molecular formula is C13H10BrN3. The Morgan fingerprint density at radius 3 is 2.88 bits per heavy atom. The highest BCUT2D eigenvalue weighted by Crippen LogP contribution is 2.21. The molecule has 0 amide bonds. The van der Waals surface area contributed by atoms with Gasteiger partial charge in [-0.05, 0) is 37.3 Å². The van der Waals surface area contributed by atoms with Gasteiger partial charge in [0.15, 0.2) is 0 Å². The van der Waals surface area contributed by atoms with Gasteiger partial charge in [0.25, 0.3) is 0 Å². The lowest BCUT2D eigenvalue weighted by atomic mass is 10.3. The molecule has 0 unspecified atom stereocenters. The molecule has 84 valence electrons. The molecule has 0 radical (unpaired) electrons. The monoisotopic (exact) mass is 287 g/mol. The zero-order chi connectivity index (χ0) is 11.8. The molecule has 17 heavy (non-hydrogen) atoms. The van der Waals surface area contributed by atoms with Gasteiger partial charge in [-0.2, -0.15) is 5.10 Å². The number of nitrogens with zero attached hydrogens (tertiary/aromatic N) is 3. The molecule has 0 aliphatic heterocycles. The van der Waals surface area contributed by atoms with Crippen LogP contribution in [0.25, 0.3) is 16.7 Å². The van der Waals surface area contributed by atoms with Crippen molar-refractivity contribution in [2.24, 2.45) is 0 Å². The molecular weight excluding hydrogens is 278 g/mol. The van der Waals surface area contributed by atoms with Crippen LogP contribution in [-0.4, -0.2) is 14.8 Å². The van der Waals surface area contributed by atoms with Crippen molar-refractivity contribution in [1.82, 2.24) is 14.8 Å². The summed E-state index contributed by atoms with van der Waals surface area (Å²) in [5, 5.41) is 4.53. The van der Waals surface area contributed by atoms with Crippen molar-refractivity contribution in [1.29, 1.82) is 0 Å². The Morgan fingerprint density at radius 2 is 2.06 bits per heavy atom. The predicted octanol–water partition coefficient (Wildman–Crippen LogP) is 3.49. The van der Waals surface area contributed by atoms with Crippen molar-refractivity contribution >= 4 is 27.0 Å². The van der Waals surface area contributed by atoms with E-state index in [0.717, 1.165) is 26.9 Å². The fourth-order valence-electron chi connectivity index (χ4n) is 1.90. The fraction of sp³-hybridized carbons (Fsp3) is 0.0769. The number of pyridine rings is 1. The maximum atomic E-state index is 4.53. The number of rotatable bonds is 1.